The van der Waals surface area contributed by atoms with Gasteiger partial charge in [-0.05, 0) is 46.2 Å². The van der Waals surface area contributed by atoms with Crippen molar-refractivity contribution < 1.29 is 4.74 Å². The fourth-order valence-electron chi connectivity index (χ4n) is 2.63. The van der Waals surface area contributed by atoms with Crippen LogP contribution in [-0.4, -0.2) is 44.7 Å². The van der Waals surface area contributed by atoms with Crippen molar-refractivity contribution in [1.82, 2.24) is 24.5 Å². The first kappa shape index (κ1) is 16.7. The van der Waals surface area contributed by atoms with E-state index in [9.17, 15) is 0 Å². The van der Waals surface area contributed by atoms with Crippen molar-refractivity contribution in [3.8, 4) is 0 Å². The lowest BCUT2D eigenvalue weighted by atomic mass is 10.4. The van der Waals surface area contributed by atoms with E-state index >= 15 is 0 Å². The van der Waals surface area contributed by atoms with Gasteiger partial charge in [-0.1, -0.05) is 0 Å². The van der Waals surface area contributed by atoms with Gasteiger partial charge in [-0.25, -0.2) is 0 Å². The maximum absolute atomic E-state index is 5.18. The normalized spacial score (nSPS) is 11.5. The minimum atomic E-state index is 0.766. The largest absolute Gasteiger partial charge is 0.385 e. The summed E-state index contributed by atoms with van der Waals surface area (Å²) in [5.74, 6) is 0. The van der Waals surface area contributed by atoms with Crippen molar-refractivity contribution in [3.63, 3.8) is 0 Å². The number of methoxy groups -OCH3 is 1. The van der Waals surface area contributed by atoms with Gasteiger partial charge < -0.3 is 4.74 Å². The van der Waals surface area contributed by atoms with Gasteiger partial charge in [0, 0.05) is 31.6 Å². The molecule has 2 heterocycles. The van der Waals surface area contributed by atoms with Crippen LogP contribution in [0.1, 0.15) is 29.2 Å². The second kappa shape index (κ2) is 7.56. The predicted octanol–water partition coefficient (Wildman–Crippen LogP) is 2.27. The number of aryl methyl sites for hydroxylation is 4. The first-order valence-corrected chi connectivity index (χ1v) is 7.73. The zero-order valence-corrected chi connectivity index (χ0v) is 14.3. The molecular weight excluding hydrogens is 278 g/mol. The van der Waals surface area contributed by atoms with Crippen molar-refractivity contribution in [2.24, 2.45) is 0 Å². The Morgan fingerprint density at radius 1 is 0.955 bits per heavy atom. The van der Waals surface area contributed by atoms with E-state index < -0.39 is 0 Å². The van der Waals surface area contributed by atoms with Gasteiger partial charge in [0.05, 0.1) is 24.7 Å². The van der Waals surface area contributed by atoms with E-state index in [1.807, 2.05) is 23.2 Å². The summed E-state index contributed by atoms with van der Waals surface area (Å²) in [7, 11) is 1.74. The minimum Gasteiger partial charge on any atom is -0.385 e. The summed E-state index contributed by atoms with van der Waals surface area (Å²) in [6, 6.07) is 4.22. The first-order valence-electron chi connectivity index (χ1n) is 7.73. The van der Waals surface area contributed by atoms with Crippen LogP contribution in [0.5, 0.6) is 0 Å². The molecule has 6 nitrogen and oxygen atoms in total. The van der Waals surface area contributed by atoms with Gasteiger partial charge in [-0.2, -0.15) is 10.2 Å². The van der Waals surface area contributed by atoms with Crippen LogP contribution in [-0.2, 0) is 18.1 Å². The molecule has 22 heavy (non-hydrogen) atoms. The quantitative estimate of drug-likeness (QED) is 0.702. The van der Waals surface area contributed by atoms with Gasteiger partial charge in [0.25, 0.3) is 0 Å². The van der Waals surface area contributed by atoms with Gasteiger partial charge in [-0.3, -0.25) is 14.3 Å². The number of ether oxygens (including phenoxy) is 1. The topological polar surface area (TPSA) is 48.1 Å². The summed E-state index contributed by atoms with van der Waals surface area (Å²) >= 11 is 0. The first-order chi connectivity index (χ1) is 10.5. The molecule has 0 atom stereocenters. The predicted molar refractivity (Wildman–Crippen MR) is 86.6 cm³/mol. The number of aromatic nitrogens is 4. The van der Waals surface area contributed by atoms with Crippen LogP contribution in [0.4, 0.5) is 0 Å². The van der Waals surface area contributed by atoms with E-state index in [4.69, 9.17) is 4.74 Å². The van der Waals surface area contributed by atoms with E-state index in [0.717, 1.165) is 44.3 Å². The van der Waals surface area contributed by atoms with Crippen molar-refractivity contribution >= 4 is 0 Å². The van der Waals surface area contributed by atoms with Gasteiger partial charge in [0.2, 0.25) is 0 Å². The molecule has 122 valence electrons. The molecule has 0 saturated carbocycles. The Morgan fingerprint density at radius 2 is 1.45 bits per heavy atom. The highest BCUT2D eigenvalue weighted by molar-refractivity contribution is 5.07. The zero-order chi connectivity index (χ0) is 16.1. The SMILES string of the molecule is COCCCN(Cn1nc(C)cc1C)Cn1nc(C)cc1C. The number of hydrogen-bond acceptors (Lipinski definition) is 4. The molecule has 2 aromatic heterocycles. The smallest absolute Gasteiger partial charge is 0.0946 e. The molecule has 0 aliphatic carbocycles. The Hall–Kier alpha value is -1.66. The number of rotatable bonds is 8. The van der Waals surface area contributed by atoms with Gasteiger partial charge in [-0.15, -0.1) is 0 Å². The van der Waals surface area contributed by atoms with E-state index in [1.165, 1.54) is 11.4 Å². The number of hydrogen-bond donors (Lipinski definition) is 0. The Bertz CT molecular complexity index is 553. The molecule has 0 N–H and O–H groups in total. The van der Waals surface area contributed by atoms with E-state index in [-0.39, 0.29) is 0 Å². The van der Waals surface area contributed by atoms with Crippen molar-refractivity contribution in [2.45, 2.75) is 47.5 Å². The zero-order valence-electron chi connectivity index (χ0n) is 14.3. The molecule has 0 aliphatic rings. The van der Waals surface area contributed by atoms with E-state index in [2.05, 4.69) is 41.1 Å². The van der Waals surface area contributed by atoms with Gasteiger partial charge in [0.15, 0.2) is 0 Å². The molecule has 2 aromatic rings. The van der Waals surface area contributed by atoms with Gasteiger partial charge >= 0.3 is 0 Å². The third-order valence-electron chi connectivity index (χ3n) is 3.70. The summed E-state index contributed by atoms with van der Waals surface area (Å²) in [5.41, 5.74) is 4.48. The molecule has 0 unspecified atom stereocenters. The molecule has 0 aliphatic heterocycles. The van der Waals surface area contributed by atoms with Gasteiger partial charge in [0.1, 0.15) is 0 Å². The summed E-state index contributed by atoms with van der Waals surface area (Å²) in [6.45, 7) is 11.5. The molecule has 0 spiro atoms. The van der Waals surface area contributed by atoms with Crippen LogP contribution in [0.25, 0.3) is 0 Å². The lowest BCUT2D eigenvalue weighted by Crippen LogP contribution is -2.32. The summed E-state index contributed by atoms with van der Waals surface area (Å²) in [4.78, 5) is 2.35. The highest BCUT2D eigenvalue weighted by atomic mass is 16.5. The summed E-state index contributed by atoms with van der Waals surface area (Å²) in [5, 5.41) is 9.12. The Balaban J connectivity index is 2.08. The summed E-state index contributed by atoms with van der Waals surface area (Å²) < 4.78 is 9.28. The Morgan fingerprint density at radius 3 is 1.82 bits per heavy atom. The lowest BCUT2D eigenvalue weighted by Gasteiger charge is -2.23. The van der Waals surface area contributed by atoms with Crippen molar-refractivity contribution in [2.75, 3.05) is 20.3 Å². The maximum Gasteiger partial charge on any atom is 0.0946 e. The van der Waals surface area contributed by atoms with E-state index in [0.29, 0.717) is 0 Å². The van der Waals surface area contributed by atoms with Crippen LogP contribution >= 0.6 is 0 Å². The minimum absolute atomic E-state index is 0.766. The highest BCUT2D eigenvalue weighted by Gasteiger charge is 2.11. The molecule has 0 bridgehead atoms. The lowest BCUT2D eigenvalue weighted by molar-refractivity contribution is 0.122. The molecule has 0 radical (unpaired) electrons. The maximum atomic E-state index is 5.18. The number of nitrogens with zero attached hydrogens (tertiary/aromatic N) is 5. The average molecular weight is 305 g/mol. The van der Waals surface area contributed by atoms with Crippen molar-refractivity contribution in [1.29, 1.82) is 0 Å². The average Bonchev–Trinajstić information content (AvgIpc) is 2.92. The van der Waals surface area contributed by atoms with Crippen LogP contribution in [0.15, 0.2) is 12.1 Å². The van der Waals surface area contributed by atoms with Crippen LogP contribution in [0, 0.1) is 27.7 Å². The Kier molecular flexibility index (Phi) is 5.74. The molecule has 0 aromatic carbocycles. The summed E-state index contributed by atoms with van der Waals surface area (Å²) in [6.07, 6.45) is 0.995. The van der Waals surface area contributed by atoms with Crippen molar-refractivity contribution in [3.05, 3.63) is 34.9 Å². The standard InChI is InChI=1S/C16H27N5O/c1-13-9-15(3)20(17-13)11-19(7-6-8-22-5)12-21-16(4)10-14(2)18-21/h9-10H,6-8,11-12H2,1-5H3. The Labute approximate surface area is 132 Å². The third kappa shape index (κ3) is 4.42. The van der Waals surface area contributed by atoms with Crippen LogP contribution in [0.3, 0.4) is 0 Å². The van der Waals surface area contributed by atoms with E-state index in [1.54, 1.807) is 7.11 Å². The van der Waals surface area contributed by atoms with Crippen LogP contribution in [0.2, 0.25) is 0 Å². The molecular formula is C16H27N5O. The molecule has 6 heteroatoms. The van der Waals surface area contributed by atoms with Crippen LogP contribution < -0.4 is 0 Å². The third-order valence-corrected chi connectivity index (χ3v) is 3.70. The second-order valence-corrected chi connectivity index (χ2v) is 5.88. The molecule has 0 amide bonds. The monoisotopic (exact) mass is 305 g/mol. The fraction of sp³-hybridized carbons (Fsp3) is 0.625. The molecule has 2 rings (SSSR count). The highest BCUT2D eigenvalue weighted by Crippen LogP contribution is 2.08. The second-order valence-electron chi connectivity index (χ2n) is 5.88. The molecule has 0 fully saturated rings. The molecule has 0 saturated heterocycles. The fourth-order valence-corrected chi connectivity index (χ4v) is 2.63.